The summed E-state index contributed by atoms with van der Waals surface area (Å²) in [5, 5.41) is 0. The van der Waals surface area contributed by atoms with Crippen LogP contribution in [-0.4, -0.2) is 31.0 Å². The topological polar surface area (TPSA) is 63.7 Å². The van der Waals surface area contributed by atoms with Gasteiger partial charge in [0.25, 0.3) is 10.0 Å². The van der Waals surface area contributed by atoms with E-state index in [0.29, 0.717) is 6.42 Å². The van der Waals surface area contributed by atoms with E-state index in [1.165, 1.54) is 18.2 Å². The maximum atomic E-state index is 12.8. The van der Waals surface area contributed by atoms with Crippen LogP contribution in [-0.2, 0) is 14.8 Å². The molecule has 1 fully saturated rings. The molecule has 0 saturated carbocycles. The van der Waals surface area contributed by atoms with Gasteiger partial charge in [0, 0.05) is 6.42 Å². The summed E-state index contributed by atoms with van der Waals surface area (Å²) in [6, 6.07) is 5.83. The number of carbonyl (C=O) groups excluding carboxylic acids is 1. The zero-order valence-electron chi connectivity index (χ0n) is 13.6. The van der Waals surface area contributed by atoms with Crippen LogP contribution in [0.2, 0.25) is 0 Å². The molecule has 1 amide bonds. The second-order valence-corrected chi connectivity index (χ2v) is 7.62. The zero-order chi connectivity index (χ0) is 17.0. The lowest BCUT2D eigenvalue weighted by atomic mass is 10.0. The highest BCUT2D eigenvalue weighted by Gasteiger charge is 2.41. The van der Waals surface area contributed by atoms with Crippen LogP contribution < -0.4 is 0 Å². The van der Waals surface area contributed by atoms with Gasteiger partial charge in [-0.1, -0.05) is 43.5 Å². The van der Waals surface area contributed by atoms with Crippen LogP contribution in [0, 0.1) is 6.92 Å². The molecular weight excluding hydrogens is 314 g/mol. The molecule has 1 aliphatic heterocycles. The molecule has 0 aromatic heterocycles. The highest BCUT2D eigenvalue weighted by Crippen LogP contribution is 2.29. The Morgan fingerprint density at radius 2 is 2.00 bits per heavy atom. The van der Waals surface area contributed by atoms with Crippen molar-refractivity contribution in [2.24, 2.45) is 0 Å². The maximum Gasteiger partial charge on any atom is 0.424 e. The van der Waals surface area contributed by atoms with Crippen molar-refractivity contribution in [1.29, 1.82) is 0 Å². The van der Waals surface area contributed by atoms with E-state index >= 15 is 0 Å². The van der Waals surface area contributed by atoms with Gasteiger partial charge in [-0.25, -0.2) is 13.2 Å². The Hall–Kier alpha value is -1.82. The Labute approximate surface area is 138 Å². The number of rotatable bonds is 6. The second-order valence-electron chi connectivity index (χ2n) is 5.80. The van der Waals surface area contributed by atoms with Crippen molar-refractivity contribution in [2.45, 2.75) is 56.6 Å². The van der Waals surface area contributed by atoms with E-state index in [-0.39, 0.29) is 11.0 Å². The van der Waals surface area contributed by atoms with E-state index in [4.69, 9.17) is 4.74 Å². The number of amides is 1. The normalized spacial score (nSPS) is 21.8. The number of ether oxygens (including phenoxy) is 1. The minimum Gasteiger partial charge on any atom is -0.445 e. The number of nitrogens with zero attached hydrogens (tertiary/aromatic N) is 1. The molecule has 2 atom stereocenters. The van der Waals surface area contributed by atoms with Crippen molar-refractivity contribution in [3.8, 4) is 0 Å². The van der Waals surface area contributed by atoms with Crippen LogP contribution in [0.1, 0.15) is 38.2 Å². The summed E-state index contributed by atoms with van der Waals surface area (Å²) >= 11 is 0. The monoisotopic (exact) mass is 337 g/mol. The van der Waals surface area contributed by atoms with E-state index in [0.717, 1.165) is 29.1 Å². The molecule has 23 heavy (non-hydrogen) atoms. The first kappa shape index (κ1) is 17.5. The van der Waals surface area contributed by atoms with Gasteiger partial charge in [0.1, 0.15) is 6.10 Å². The summed E-state index contributed by atoms with van der Waals surface area (Å²) in [6.45, 7) is 7.62. The van der Waals surface area contributed by atoms with Crippen LogP contribution in [0.5, 0.6) is 0 Å². The van der Waals surface area contributed by atoms with Crippen molar-refractivity contribution < 1.29 is 17.9 Å². The molecule has 1 aromatic carbocycles. The standard InChI is InChI=1S/C17H23NO4S/c1-4-6-7-15-12-14(5-2)18(17(19)22-15)23(20,21)16-10-8-13(3)9-11-16/h5,8-11,14-15H,2,4,6-7,12H2,1,3H3. The Kier molecular flexibility index (Phi) is 5.46. The van der Waals surface area contributed by atoms with Crippen molar-refractivity contribution in [3.05, 3.63) is 42.5 Å². The number of unbranched alkanes of at least 4 members (excludes halogenated alkanes) is 1. The molecule has 1 heterocycles. The Balaban J connectivity index is 2.28. The van der Waals surface area contributed by atoms with Crippen molar-refractivity contribution >= 4 is 16.1 Å². The van der Waals surface area contributed by atoms with E-state index in [1.54, 1.807) is 12.1 Å². The lowest BCUT2D eigenvalue weighted by Crippen LogP contribution is -2.50. The van der Waals surface area contributed by atoms with Gasteiger partial charge < -0.3 is 4.74 Å². The minimum absolute atomic E-state index is 0.0823. The molecular formula is C17H23NO4S. The highest BCUT2D eigenvalue weighted by atomic mass is 32.2. The first-order valence-electron chi connectivity index (χ1n) is 7.84. The molecule has 1 aromatic rings. The molecule has 5 nitrogen and oxygen atoms in total. The summed E-state index contributed by atoms with van der Waals surface area (Å²) in [6.07, 6.45) is 3.55. The fourth-order valence-corrected chi connectivity index (χ4v) is 4.12. The van der Waals surface area contributed by atoms with Gasteiger partial charge in [0.2, 0.25) is 0 Å². The Morgan fingerprint density at radius 1 is 1.35 bits per heavy atom. The van der Waals surface area contributed by atoms with Gasteiger partial charge in [0.05, 0.1) is 10.9 Å². The van der Waals surface area contributed by atoms with Crippen LogP contribution in [0.3, 0.4) is 0 Å². The summed E-state index contributed by atoms with van der Waals surface area (Å²) in [5.41, 5.74) is 0.949. The summed E-state index contributed by atoms with van der Waals surface area (Å²) < 4.78 is 31.7. The molecule has 6 heteroatoms. The van der Waals surface area contributed by atoms with E-state index in [9.17, 15) is 13.2 Å². The van der Waals surface area contributed by atoms with Crippen LogP contribution in [0.4, 0.5) is 4.79 Å². The van der Waals surface area contributed by atoms with Crippen molar-refractivity contribution in [1.82, 2.24) is 4.31 Å². The van der Waals surface area contributed by atoms with Gasteiger partial charge in [-0.05, 0) is 25.5 Å². The Morgan fingerprint density at radius 3 is 2.57 bits per heavy atom. The third-order valence-electron chi connectivity index (χ3n) is 3.98. The average molecular weight is 337 g/mol. The van der Waals surface area contributed by atoms with Crippen molar-refractivity contribution in [3.63, 3.8) is 0 Å². The van der Waals surface area contributed by atoms with E-state index in [2.05, 4.69) is 13.5 Å². The molecule has 0 radical (unpaired) electrons. The maximum absolute atomic E-state index is 12.8. The van der Waals surface area contributed by atoms with Crippen molar-refractivity contribution in [2.75, 3.05) is 0 Å². The van der Waals surface area contributed by atoms with Gasteiger partial charge in [-0.3, -0.25) is 0 Å². The molecule has 2 rings (SSSR count). The van der Waals surface area contributed by atoms with Gasteiger partial charge in [-0.2, -0.15) is 4.31 Å². The number of hydrogen-bond donors (Lipinski definition) is 0. The summed E-state index contributed by atoms with van der Waals surface area (Å²) in [5.74, 6) is 0. The molecule has 2 unspecified atom stereocenters. The smallest absolute Gasteiger partial charge is 0.424 e. The summed E-state index contributed by atoms with van der Waals surface area (Å²) in [4.78, 5) is 12.4. The number of benzene rings is 1. The molecule has 1 aliphatic rings. The van der Waals surface area contributed by atoms with Crippen LogP contribution in [0.25, 0.3) is 0 Å². The molecule has 126 valence electrons. The average Bonchev–Trinajstić information content (AvgIpc) is 2.52. The fourth-order valence-electron chi connectivity index (χ4n) is 2.64. The number of hydrogen-bond acceptors (Lipinski definition) is 4. The van der Waals surface area contributed by atoms with E-state index < -0.39 is 22.2 Å². The number of carbonyl (C=O) groups is 1. The van der Waals surface area contributed by atoms with Crippen LogP contribution >= 0.6 is 0 Å². The predicted octanol–water partition coefficient (Wildman–Crippen LogP) is 3.64. The summed E-state index contributed by atoms with van der Waals surface area (Å²) in [7, 11) is -3.95. The molecule has 1 saturated heterocycles. The van der Waals surface area contributed by atoms with Gasteiger partial charge in [0.15, 0.2) is 0 Å². The molecule has 0 aliphatic carbocycles. The first-order chi connectivity index (χ1) is 10.9. The molecule has 0 spiro atoms. The fraction of sp³-hybridized carbons (Fsp3) is 0.471. The second kappa shape index (κ2) is 7.17. The van der Waals surface area contributed by atoms with Gasteiger partial charge in [-0.15, -0.1) is 6.58 Å². The highest BCUT2D eigenvalue weighted by molar-refractivity contribution is 7.89. The largest absolute Gasteiger partial charge is 0.445 e. The SMILES string of the molecule is C=CC1CC(CCCC)OC(=O)N1S(=O)(=O)c1ccc(C)cc1. The molecule has 0 N–H and O–H groups in total. The predicted molar refractivity (Wildman–Crippen MR) is 88.6 cm³/mol. The van der Waals surface area contributed by atoms with Gasteiger partial charge >= 0.3 is 6.09 Å². The van der Waals surface area contributed by atoms with E-state index in [1.807, 2.05) is 6.92 Å². The Bertz CT molecular complexity index is 666. The lowest BCUT2D eigenvalue weighted by Gasteiger charge is -2.36. The number of sulfonamides is 1. The number of cyclic esters (lactones) is 1. The zero-order valence-corrected chi connectivity index (χ0v) is 14.4. The third-order valence-corrected chi connectivity index (χ3v) is 5.79. The third kappa shape index (κ3) is 3.75. The number of aryl methyl sites for hydroxylation is 1. The molecule has 0 bridgehead atoms. The lowest BCUT2D eigenvalue weighted by molar-refractivity contribution is 0.0312. The van der Waals surface area contributed by atoms with Crippen LogP contribution in [0.15, 0.2) is 41.8 Å². The minimum atomic E-state index is -3.95. The first-order valence-corrected chi connectivity index (χ1v) is 9.28. The quantitative estimate of drug-likeness (QED) is 0.744.